The van der Waals surface area contributed by atoms with Crippen molar-refractivity contribution in [3.63, 3.8) is 0 Å². The predicted octanol–water partition coefficient (Wildman–Crippen LogP) is 1.20. The quantitative estimate of drug-likeness (QED) is 0.529. The van der Waals surface area contributed by atoms with Crippen LogP contribution >= 0.6 is 0 Å². The van der Waals surface area contributed by atoms with Crippen molar-refractivity contribution in [2.24, 2.45) is 11.7 Å². The first-order chi connectivity index (χ1) is 6.07. The lowest BCUT2D eigenvalue weighted by Crippen LogP contribution is -2.29. The number of amidine groups is 1. The maximum Gasteiger partial charge on any atom is 0.133 e. The van der Waals surface area contributed by atoms with Crippen molar-refractivity contribution < 1.29 is 4.52 Å². The summed E-state index contributed by atoms with van der Waals surface area (Å²) in [5.41, 5.74) is 6.05. The largest absolute Gasteiger partial charge is 0.387 e. The van der Waals surface area contributed by atoms with Crippen LogP contribution in [0.4, 0.5) is 0 Å². The van der Waals surface area contributed by atoms with Crippen LogP contribution in [0, 0.1) is 18.3 Å². The zero-order valence-corrected chi connectivity index (χ0v) is 7.79. The summed E-state index contributed by atoms with van der Waals surface area (Å²) >= 11 is 0. The smallest absolute Gasteiger partial charge is 0.133 e. The molecule has 4 heteroatoms. The maximum absolute atomic E-state index is 7.53. The number of aryl methyl sites for hydroxylation is 1. The molecule has 4 nitrogen and oxygen atoms in total. The van der Waals surface area contributed by atoms with Crippen LogP contribution in [-0.2, 0) is 5.41 Å². The second-order valence-corrected chi connectivity index (χ2v) is 3.81. The van der Waals surface area contributed by atoms with Gasteiger partial charge in [0, 0.05) is 6.07 Å². The van der Waals surface area contributed by atoms with Gasteiger partial charge in [0.05, 0.1) is 11.1 Å². The van der Waals surface area contributed by atoms with Gasteiger partial charge < -0.3 is 10.3 Å². The van der Waals surface area contributed by atoms with Crippen LogP contribution in [0.2, 0.25) is 0 Å². The number of rotatable bonds is 2. The molecule has 0 radical (unpaired) electrons. The van der Waals surface area contributed by atoms with Crippen LogP contribution in [0.5, 0.6) is 0 Å². The number of nitrogens with two attached hydrogens (primary N) is 1. The number of hydrogen-bond donors (Lipinski definition) is 2. The van der Waals surface area contributed by atoms with E-state index in [2.05, 4.69) is 12.1 Å². The van der Waals surface area contributed by atoms with E-state index in [-0.39, 0.29) is 11.3 Å². The highest BCUT2D eigenvalue weighted by Gasteiger charge is 2.57. The van der Waals surface area contributed by atoms with Crippen LogP contribution in [0.15, 0.2) is 10.6 Å². The molecule has 1 aromatic rings. The summed E-state index contributed by atoms with van der Waals surface area (Å²) in [7, 11) is 0. The molecule has 0 spiro atoms. The van der Waals surface area contributed by atoms with Crippen molar-refractivity contribution >= 4 is 5.84 Å². The second-order valence-electron chi connectivity index (χ2n) is 3.81. The van der Waals surface area contributed by atoms with Gasteiger partial charge in [-0.05, 0) is 19.3 Å². The summed E-state index contributed by atoms with van der Waals surface area (Å²) < 4.78 is 4.99. The molecule has 70 valence electrons. The molecular formula is C9H13N3O. The summed E-state index contributed by atoms with van der Waals surface area (Å²) in [4.78, 5) is 0. The van der Waals surface area contributed by atoms with Gasteiger partial charge >= 0.3 is 0 Å². The van der Waals surface area contributed by atoms with Crippen LogP contribution in [0.3, 0.4) is 0 Å². The molecule has 1 aliphatic carbocycles. The number of aromatic nitrogens is 1. The van der Waals surface area contributed by atoms with E-state index in [0.717, 1.165) is 17.9 Å². The van der Waals surface area contributed by atoms with E-state index < -0.39 is 0 Å². The Morgan fingerprint density at radius 1 is 1.85 bits per heavy atom. The first-order valence-corrected chi connectivity index (χ1v) is 4.35. The molecule has 13 heavy (non-hydrogen) atoms. The number of hydrogen-bond acceptors (Lipinski definition) is 3. The average molecular weight is 179 g/mol. The van der Waals surface area contributed by atoms with Crippen LogP contribution in [-0.4, -0.2) is 11.0 Å². The van der Waals surface area contributed by atoms with Gasteiger partial charge in [-0.2, -0.15) is 0 Å². The monoisotopic (exact) mass is 179 g/mol. The molecule has 0 aromatic carbocycles. The zero-order valence-electron chi connectivity index (χ0n) is 7.79. The van der Waals surface area contributed by atoms with E-state index in [1.807, 2.05) is 13.0 Å². The molecule has 1 fully saturated rings. The fourth-order valence-electron chi connectivity index (χ4n) is 1.87. The van der Waals surface area contributed by atoms with Gasteiger partial charge in [-0.25, -0.2) is 0 Å². The molecule has 1 aromatic heterocycles. The minimum atomic E-state index is -0.322. The van der Waals surface area contributed by atoms with Gasteiger partial charge in [-0.15, -0.1) is 0 Å². The molecule has 3 N–H and O–H groups in total. The Labute approximate surface area is 76.6 Å². The molecule has 2 rings (SSSR count). The first-order valence-electron chi connectivity index (χ1n) is 4.35. The highest BCUT2D eigenvalue weighted by molar-refractivity contribution is 5.92. The first kappa shape index (κ1) is 8.29. The molecule has 2 unspecified atom stereocenters. The van der Waals surface area contributed by atoms with Crippen LogP contribution < -0.4 is 5.73 Å². The number of nitrogens with one attached hydrogen (secondary N) is 1. The Balaban J connectivity index is 2.39. The average Bonchev–Trinajstić information content (AvgIpc) is 2.53. The molecule has 1 heterocycles. The Kier molecular flexibility index (Phi) is 1.49. The van der Waals surface area contributed by atoms with Crippen molar-refractivity contribution in [2.75, 3.05) is 0 Å². The summed E-state index contributed by atoms with van der Waals surface area (Å²) in [6.45, 7) is 3.92. The second kappa shape index (κ2) is 2.34. The van der Waals surface area contributed by atoms with Gasteiger partial charge in [-0.3, -0.25) is 5.41 Å². The van der Waals surface area contributed by atoms with Crippen molar-refractivity contribution in [2.45, 2.75) is 25.7 Å². The summed E-state index contributed by atoms with van der Waals surface area (Å²) in [6, 6.07) is 1.87. The Morgan fingerprint density at radius 3 is 2.77 bits per heavy atom. The maximum atomic E-state index is 7.53. The SMILES string of the molecule is Cc1cc(C2(C(=N)N)CC2C)no1. The predicted molar refractivity (Wildman–Crippen MR) is 48.6 cm³/mol. The normalized spacial score (nSPS) is 31.7. The molecule has 1 aliphatic rings. The highest BCUT2D eigenvalue weighted by atomic mass is 16.5. The summed E-state index contributed by atoms with van der Waals surface area (Å²) in [5, 5.41) is 11.5. The van der Waals surface area contributed by atoms with Gasteiger partial charge in [0.15, 0.2) is 0 Å². The fraction of sp³-hybridized carbons (Fsp3) is 0.556. The van der Waals surface area contributed by atoms with E-state index >= 15 is 0 Å². The van der Waals surface area contributed by atoms with Crippen molar-refractivity contribution in [1.82, 2.24) is 5.16 Å². The third-order valence-electron chi connectivity index (χ3n) is 2.87. The highest BCUT2D eigenvalue weighted by Crippen LogP contribution is 2.53. The van der Waals surface area contributed by atoms with E-state index in [1.54, 1.807) is 0 Å². The summed E-state index contributed by atoms with van der Waals surface area (Å²) in [5.74, 6) is 1.39. The molecule has 1 saturated carbocycles. The lowest BCUT2D eigenvalue weighted by atomic mass is 9.98. The molecule has 0 aliphatic heterocycles. The lowest BCUT2D eigenvalue weighted by Gasteiger charge is -2.09. The van der Waals surface area contributed by atoms with Gasteiger partial charge in [0.2, 0.25) is 0 Å². The van der Waals surface area contributed by atoms with Crippen molar-refractivity contribution in [1.29, 1.82) is 5.41 Å². The van der Waals surface area contributed by atoms with E-state index in [0.29, 0.717) is 5.92 Å². The summed E-state index contributed by atoms with van der Waals surface area (Å²) in [6.07, 6.45) is 0.911. The Morgan fingerprint density at radius 2 is 2.46 bits per heavy atom. The molecule has 2 atom stereocenters. The Hall–Kier alpha value is -1.32. The minimum Gasteiger partial charge on any atom is -0.387 e. The molecule has 0 bridgehead atoms. The lowest BCUT2D eigenvalue weighted by molar-refractivity contribution is 0.387. The standard InChI is InChI=1S/C9H13N3O/c1-5-4-9(5,8(10)11)7-3-6(2)13-12-7/h3,5H,4H2,1-2H3,(H3,10,11). The van der Waals surface area contributed by atoms with Gasteiger partial charge in [0.1, 0.15) is 11.6 Å². The zero-order chi connectivity index (χ0) is 9.64. The van der Waals surface area contributed by atoms with Crippen LogP contribution in [0.25, 0.3) is 0 Å². The third kappa shape index (κ3) is 0.978. The molecule has 0 amide bonds. The topological polar surface area (TPSA) is 75.9 Å². The number of nitrogens with zero attached hydrogens (tertiary/aromatic N) is 1. The van der Waals surface area contributed by atoms with Gasteiger partial charge in [-0.1, -0.05) is 12.1 Å². The van der Waals surface area contributed by atoms with Gasteiger partial charge in [0.25, 0.3) is 0 Å². The van der Waals surface area contributed by atoms with E-state index in [1.165, 1.54) is 0 Å². The molecular weight excluding hydrogens is 166 g/mol. The third-order valence-corrected chi connectivity index (χ3v) is 2.87. The van der Waals surface area contributed by atoms with Crippen molar-refractivity contribution in [3.05, 3.63) is 17.5 Å². The van der Waals surface area contributed by atoms with Crippen molar-refractivity contribution in [3.8, 4) is 0 Å². The minimum absolute atomic E-state index is 0.202. The van der Waals surface area contributed by atoms with E-state index in [9.17, 15) is 0 Å². The van der Waals surface area contributed by atoms with Crippen LogP contribution in [0.1, 0.15) is 24.8 Å². The molecule has 0 saturated heterocycles. The Bertz CT molecular complexity index is 357. The van der Waals surface area contributed by atoms with E-state index in [4.69, 9.17) is 15.7 Å². The fourth-order valence-corrected chi connectivity index (χ4v) is 1.87.